The molecule has 2 fully saturated rings. The highest BCUT2D eigenvalue weighted by Gasteiger charge is 2.36. The maximum Gasteiger partial charge on any atom is 0.146 e. The second kappa shape index (κ2) is 3.54. The Hall–Kier alpha value is -0.150. The van der Waals surface area contributed by atoms with Crippen LogP contribution in [0.2, 0.25) is 0 Å². The van der Waals surface area contributed by atoms with Crippen LogP contribution in [0.4, 0.5) is 4.39 Å². The third-order valence-corrected chi connectivity index (χ3v) is 3.10. The monoisotopic (exact) mass is 187 g/mol. The van der Waals surface area contributed by atoms with Crippen molar-refractivity contribution in [2.24, 2.45) is 5.92 Å². The number of rotatable bonds is 3. The molecule has 2 nitrogen and oxygen atoms in total. The first-order valence-corrected chi connectivity index (χ1v) is 5.24. The zero-order valence-electron chi connectivity index (χ0n) is 8.01. The van der Waals surface area contributed by atoms with Crippen LogP contribution in [0.5, 0.6) is 0 Å². The van der Waals surface area contributed by atoms with Gasteiger partial charge in [0.15, 0.2) is 0 Å². The van der Waals surface area contributed by atoms with Gasteiger partial charge in [-0.25, -0.2) is 4.39 Å². The molecular formula is C10H18FNO. The standard InChI is InChI=1S/C10H18FNO/c11-10(8-13)4-1-5-12(7-10)6-9-2-3-9/h9,13H,1-8H2. The number of alkyl halides is 1. The van der Waals surface area contributed by atoms with Crippen LogP contribution in [-0.4, -0.2) is 41.9 Å². The molecule has 1 N–H and O–H groups in total. The van der Waals surface area contributed by atoms with E-state index >= 15 is 0 Å². The van der Waals surface area contributed by atoms with E-state index in [0.717, 1.165) is 25.4 Å². The van der Waals surface area contributed by atoms with Crippen LogP contribution in [0.1, 0.15) is 25.7 Å². The first kappa shape index (κ1) is 9.41. The number of hydrogen-bond donors (Lipinski definition) is 1. The van der Waals surface area contributed by atoms with Crippen LogP contribution >= 0.6 is 0 Å². The SMILES string of the molecule is OCC1(F)CCCN(CC2CC2)C1. The molecule has 1 heterocycles. The number of nitrogens with zero attached hydrogens (tertiary/aromatic N) is 1. The van der Waals surface area contributed by atoms with Gasteiger partial charge in [-0.05, 0) is 38.1 Å². The molecule has 76 valence electrons. The highest BCUT2D eigenvalue weighted by Crippen LogP contribution is 2.32. The molecule has 0 spiro atoms. The van der Waals surface area contributed by atoms with Gasteiger partial charge in [0.25, 0.3) is 0 Å². The molecule has 1 saturated heterocycles. The van der Waals surface area contributed by atoms with Gasteiger partial charge in [-0.15, -0.1) is 0 Å². The van der Waals surface area contributed by atoms with Crippen LogP contribution in [0, 0.1) is 5.92 Å². The number of likely N-dealkylation sites (tertiary alicyclic amines) is 1. The molecule has 1 saturated carbocycles. The van der Waals surface area contributed by atoms with Crippen LogP contribution in [-0.2, 0) is 0 Å². The number of piperidine rings is 1. The molecule has 0 bridgehead atoms. The summed E-state index contributed by atoms with van der Waals surface area (Å²) < 4.78 is 13.7. The van der Waals surface area contributed by atoms with E-state index in [-0.39, 0.29) is 6.61 Å². The highest BCUT2D eigenvalue weighted by molar-refractivity contribution is 4.89. The Bertz CT molecular complexity index is 184. The fourth-order valence-electron chi connectivity index (χ4n) is 2.13. The maximum absolute atomic E-state index is 13.7. The predicted molar refractivity (Wildman–Crippen MR) is 49.3 cm³/mol. The summed E-state index contributed by atoms with van der Waals surface area (Å²) in [5.74, 6) is 0.820. The summed E-state index contributed by atoms with van der Waals surface area (Å²) in [6.07, 6.45) is 4.05. The molecule has 0 aromatic carbocycles. The molecule has 1 atom stereocenters. The second-order valence-electron chi connectivity index (χ2n) is 4.59. The summed E-state index contributed by atoms with van der Waals surface area (Å²) in [6, 6.07) is 0. The molecule has 0 amide bonds. The highest BCUT2D eigenvalue weighted by atomic mass is 19.1. The Morgan fingerprint density at radius 2 is 2.23 bits per heavy atom. The topological polar surface area (TPSA) is 23.5 Å². The molecule has 3 heteroatoms. The summed E-state index contributed by atoms with van der Waals surface area (Å²) in [5.41, 5.74) is -1.31. The van der Waals surface area contributed by atoms with Gasteiger partial charge in [0.1, 0.15) is 5.67 Å². The smallest absolute Gasteiger partial charge is 0.146 e. The molecule has 0 radical (unpaired) electrons. The minimum absolute atomic E-state index is 0.311. The number of hydrogen-bond acceptors (Lipinski definition) is 2. The summed E-state index contributed by atoms with van der Waals surface area (Å²) >= 11 is 0. The summed E-state index contributed by atoms with van der Waals surface area (Å²) in [7, 11) is 0. The average Bonchev–Trinajstić information content (AvgIpc) is 2.89. The molecule has 0 aromatic rings. The van der Waals surface area contributed by atoms with Crippen LogP contribution in [0.15, 0.2) is 0 Å². The predicted octanol–water partition coefficient (Wildman–Crippen LogP) is 1.19. The van der Waals surface area contributed by atoms with Gasteiger partial charge in [0.05, 0.1) is 6.61 Å². The van der Waals surface area contributed by atoms with Crippen molar-refractivity contribution in [3.8, 4) is 0 Å². The second-order valence-corrected chi connectivity index (χ2v) is 4.59. The maximum atomic E-state index is 13.7. The minimum atomic E-state index is -1.31. The molecule has 1 aliphatic heterocycles. The Balaban J connectivity index is 1.83. The lowest BCUT2D eigenvalue weighted by Gasteiger charge is -2.36. The van der Waals surface area contributed by atoms with Gasteiger partial charge in [0, 0.05) is 13.1 Å². The first-order valence-electron chi connectivity index (χ1n) is 5.24. The molecule has 2 rings (SSSR count). The van der Waals surface area contributed by atoms with Crippen molar-refractivity contribution in [3.63, 3.8) is 0 Å². The molecule has 13 heavy (non-hydrogen) atoms. The molecular weight excluding hydrogens is 169 g/mol. The third kappa shape index (κ3) is 2.41. The van der Waals surface area contributed by atoms with E-state index in [1.165, 1.54) is 12.8 Å². The zero-order valence-corrected chi connectivity index (χ0v) is 8.01. The van der Waals surface area contributed by atoms with E-state index < -0.39 is 5.67 Å². The van der Waals surface area contributed by atoms with Crippen LogP contribution in [0.25, 0.3) is 0 Å². The van der Waals surface area contributed by atoms with E-state index in [9.17, 15) is 4.39 Å². The average molecular weight is 187 g/mol. The van der Waals surface area contributed by atoms with Crippen molar-refractivity contribution in [1.29, 1.82) is 0 Å². The fourth-order valence-corrected chi connectivity index (χ4v) is 2.13. The first-order chi connectivity index (χ1) is 6.22. The van der Waals surface area contributed by atoms with Crippen molar-refractivity contribution in [1.82, 2.24) is 4.90 Å². The Morgan fingerprint density at radius 1 is 1.46 bits per heavy atom. The van der Waals surface area contributed by atoms with Gasteiger partial charge in [-0.1, -0.05) is 0 Å². The van der Waals surface area contributed by atoms with Crippen molar-refractivity contribution in [3.05, 3.63) is 0 Å². The van der Waals surface area contributed by atoms with Crippen molar-refractivity contribution >= 4 is 0 Å². The van der Waals surface area contributed by atoms with Gasteiger partial charge in [-0.3, -0.25) is 4.90 Å². The third-order valence-electron chi connectivity index (χ3n) is 3.10. The van der Waals surface area contributed by atoms with Gasteiger partial charge in [-0.2, -0.15) is 0 Å². The lowest BCUT2D eigenvalue weighted by Crippen LogP contribution is -2.48. The molecule has 1 aliphatic carbocycles. The molecule has 0 aromatic heterocycles. The van der Waals surface area contributed by atoms with Gasteiger partial charge in [0.2, 0.25) is 0 Å². The summed E-state index contributed by atoms with van der Waals surface area (Å²) in [5, 5.41) is 8.92. The quantitative estimate of drug-likeness (QED) is 0.717. The number of halogens is 1. The lowest BCUT2D eigenvalue weighted by atomic mass is 9.95. The minimum Gasteiger partial charge on any atom is -0.393 e. The van der Waals surface area contributed by atoms with Crippen molar-refractivity contribution in [2.75, 3.05) is 26.2 Å². The Morgan fingerprint density at radius 3 is 2.85 bits per heavy atom. The lowest BCUT2D eigenvalue weighted by molar-refractivity contribution is -0.00245. The number of aliphatic hydroxyl groups is 1. The fraction of sp³-hybridized carbons (Fsp3) is 1.00. The van der Waals surface area contributed by atoms with E-state index in [1.54, 1.807) is 0 Å². The molecule has 1 unspecified atom stereocenters. The van der Waals surface area contributed by atoms with E-state index in [0.29, 0.717) is 13.0 Å². The van der Waals surface area contributed by atoms with E-state index in [4.69, 9.17) is 5.11 Å². The van der Waals surface area contributed by atoms with E-state index in [2.05, 4.69) is 4.90 Å². The zero-order chi connectivity index (χ0) is 9.31. The van der Waals surface area contributed by atoms with Crippen LogP contribution < -0.4 is 0 Å². The van der Waals surface area contributed by atoms with E-state index in [1.807, 2.05) is 0 Å². The van der Waals surface area contributed by atoms with Crippen molar-refractivity contribution < 1.29 is 9.50 Å². The Kier molecular flexibility index (Phi) is 2.56. The summed E-state index contributed by atoms with van der Waals surface area (Å²) in [4.78, 5) is 2.18. The van der Waals surface area contributed by atoms with Gasteiger partial charge < -0.3 is 5.11 Å². The van der Waals surface area contributed by atoms with Crippen molar-refractivity contribution in [2.45, 2.75) is 31.4 Å². The van der Waals surface area contributed by atoms with Crippen LogP contribution in [0.3, 0.4) is 0 Å². The number of aliphatic hydroxyl groups excluding tert-OH is 1. The Labute approximate surface area is 78.7 Å². The van der Waals surface area contributed by atoms with Gasteiger partial charge >= 0.3 is 0 Å². The molecule has 2 aliphatic rings. The largest absolute Gasteiger partial charge is 0.393 e. The summed E-state index contributed by atoms with van der Waals surface area (Å²) in [6.45, 7) is 2.20. The normalized spacial score (nSPS) is 36.5.